The van der Waals surface area contributed by atoms with E-state index < -0.39 is 27.1 Å². The van der Waals surface area contributed by atoms with Crippen LogP contribution in [0.2, 0.25) is 0 Å². The molecule has 8 rings (SSSR count). The third-order valence-corrected chi connectivity index (χ3v) is 7.54. The predicted molar refractivity (Wildman–Crippen MR) is 189 cm³/mol. The van der Waals surface area contributed by atoms with E-state index in [-0.39, 0.29) is 56.6 Å². The van der Waals surface area contributed by atoms with Crippen molar-refractivity contribution < 1.29 is 14.6 Å². The first-order valence-electron chi connectivity index (χ1n) is 14.7. The maximum absolute atomic E-state index is 12.9. The van der Waals surface area contributed by atoms with Gasteiger partial charge in [0.05, 0.1) is 37.4 Å². The molecule has 7 aromatic rings. The Balaban J connectivity index is 0.000000163. The fourth-order valence-corrected chi connectivity index (χ4v) is 5.35. The predicted octanol–water partition coefficient (Wildman–Crippen LogP) is 1.58. The van der Waals surface area contributed by atoms with Crippen LogP contribution in [-0.2, 0) is 0 Å². The van der Waals surface area contributed by atoms with Crippen LogP contribution in [0.1, 0.15) is 16.2 Å². The van der Waals surface area contributed by atoms with Crippen molar-refractivity contribution in [1.29, 1.82) is 5.41 Å². The van der Waals surface area contributed by atoms with Crippen LogP contribution in [0.5, 0.6) is 0 Å². The van der Waals surface area contributed by atoms with Gasteiger partial charge in [-0.3, -0.25) is 49.0 Å². The minimum atomic E-state index is -0.592. The molecule has 23 heteroatoms. The number of nitro benzene ring substituents is 2. The van der Waals surface area contributed by atoms with Crippen LogP contribution in [0.25, 0.3) is 44.3 Å². The van der Waals surface area contributed by atoms with Crippen LogP contribution < -0.4 is 34.2 Å². The molecule has 0 radical (unpaired) electrons. The molecule has 0 atom stereocenters. The first kappa shape index (κ1) is 34.4. The monoisotopic (exact) mass is 718 g/mol. The van der Waals surface area contributed by atoms with Crippen molar-refractivity contribution in [2.45, 2.75) is 0 Å². The molecular weight excluding hydrogens is 696 g/mol. The Labute approximate surface area is 291 Å². The van der Waals surface area contributed by atoms with E-state index in [1.807, 2.05) is 0 Å². The number of hydrazone groups is 1. The van der Waals surface area contributed by atoms with Gasteiger partial charge in [0.2, 0.25) is 17.7 Å². The number of benzene rings is 2. The number of rotatable bonds is 3. The Kier molecular flexibility index (Phi) is 8.71. The molecule has 264 valence electrons. The first-order valence-corrected chi connectivity index (χ1v) is 14.7. The summed E-state index contributed by atoms with van der Waals surface area (Å²) in [6.45, 7) is 0. The normalized spacial score (nSPS) is 11.4. The van der Waals surface area contributed by atoms with Gasteiger partial charge < -0.3 is 28.0 Å². The molecule has 0 bridgehead atoms. The lowest BCUT2D eigenvalue weighted by molar-refractivity contribution is -0.385. The molecule has 0 fully saturated rings. The Bertz CT molecular complexity index is 2890. The molecule has 1 aliphatic heterocycles. The number of pyridine rings is 2. The summed E-state index contributed by atoms with van der Waals surface area (Å²) in [6.07, 6.45) is 3.00. The quantitative estimate of drug-likeness (QED) is 0.0377. The number of non-ortho nitro benzene ring substituents is 2. The fraction of sp³-hybridized carbons (Fsp3) is 0. The highest BCUT2D eigenvalue weighted by Crippen LogP contribution is 2.35. The second-order valence-corrected chi connectivity index (χ2v) is 10.7. The van der Waals surface area contributed by atoms with Gasteiger partial charge in [0.15, 0.2) is 11.5 Å². The average molecular weight is 719 g/mol. The van der Waals surface area contributed by atoms with Gasteiger partial charge in [-0.1, -0.05) is 0 Å². The third-order valence-electron chi connectivity index (χ3n) is 7.54. The Hall–Kier alpha value is -8.50. The van der Waals surface area contributed by atoms with Crippen LogP contribution >= 0.6 is 0 Å². The molecule has 6 heterocycles. The lowest BCUT2D eigenvalue weighted by Gasteiger charge is -2.04. The maximum atomic E-state index is 12.9. The largest absolute Gasteiger partial charge is 0.369 e. The molecule has 0 amide bonds. The van der Waals surface area contributed by atoms with E-state index in [0.717, 1.165) is 6.07 Å². The average Bonchev–Trinajstić information content (AvgIpc) is 3.61. The Morgan fingerprint density at radius 3 is 2.15 bits per heavy atom. The zero-order chi connectivity index (χ0) is 38.1. The van der Waals surface area contributed by atoms with E-state index in [9.17, 15) is 34.6 Å². The van der Waals surface area contributed by atoms with Crippen LogP contribution in [-0.4, -0.2) is 56.5 Å². The molecule has 23 nitrogen and oxygen atoms in total. The molecule has 53 heavy (non-hydrogen) atoms. The van der Waals surface area contributed by atoms with Gasteiger partial charge in [0, 0.05) is 42.0 Å². The highest BCUT2D eigenvalue weighted by molar-refractivity contribution is 6.13. The van der Waals surface area contributed by atoms with Gasteiger partial charge in [-0.25, -0.2) is 15.0 Å². The number of azo groups is 1. The number of nitrogens with one attached hydrogen (secondary N) is 2. The molecule has 1 aliphatic rings. The molecule has 10 N–H and O–H groups in total. The second-order valence-electron chi connectivity index (χ2n) is 10.7. The van der Waals surface area contributed by atoms with Crippen molar-refractivity contribution in [2.24, 2.45) is 38.4 Å². The Morgan fingerprint density at radius 2 is 1.49 bits per heavy atom. The van der Waals surface area contributed by atoms with Crippen molar-refractivity contribution in [3.05, 3.63) is 125 Å². The standard InChI is InChI=1S/C15H10N8O3.C14H6N4O4.CH6N4/c16-15(17)21-20-11-9-6-7(23(25)26)3-4-10(9)22-13(11)19-12-8(14(22)24)2-1-5-18-12;19-11-9-6-7(18(21)22)3-4-10(9)17-13(11)16-12-8(14(17)20)2-1-5-15-12;2-1(3)5-4/h1-6H,(H3,16,17)(H,18,19);1-6H;4H2,(H4,2,3,5). The van der Waals surface area contributed by atoms with Crippen LogP contribution in [0, 0.1) is 25.6 Å². The van der Waals surface area contributed by atoms with Crippen molar-refractivity contribution in [3.8, 4) is 5.69 Å². The topological polar surface area (TPSA) is 366 Å². The van der Waals surface area contributed by atoms with Crippen LogP contribution in [0.4, 0.5) is 17.1 Å². The van der Waals surface area contributed by atoms with E-state index in [0.29, 0.717) is 27.6 Å². The van der Waals surface area contributed by atoms with Gasteiger partial charge >= 0.3 is 0 Å². The maximum Gasteiger partial charge on any atom is 0.270 e. The number of H-pyrrole nitrogens is 1. The summed E-state index contributed by atoms with van der Waals surface area (Å²) in [5, 5.41) is 40.4. The molecule has 2 aromatic carbocycles. The van der Waals surface area contributed by atoms with Gasteiger partial charge in [-0.2, -0.15) is 0 Å². The van der Waals surface area contributed by atoms with Crippen LogP contribution in [0.15, 0.2) is 98.0 Å². The number of hydrogen-bond donors (Lipinski definition) is 6. The van der Waals surface area contributed by atoms with Crippen molar-refractivity contribution in [2.75, 3.05) is 0 Å². The van der Waals surface area contributed by atoms with Gasteiger partial charge in [0.1, 0.15) is 17.0 Å². The number of carbonyl (C=O) groups is 1. The minimum Gasteiger partial charge on any atom is -0.369 e. The number of nitrogens with two attached hydrogens (primary N) is 4. The summed E-state index contributed by atoms with van der Waals surface area (Å²) >= 11 is 0. The van der Waals surface area contributed by atoms with E-state index in [4.69, 9.17) is 22.6 Å². The molecule has 0 saturated heterocycles. The summed E-state index contributed by atoms with van der Waals surface area (Å²) in [4.78, 5) is 73.9. The van der Waals surface area contributed by atoms with E-state index in [2.05, 4.69) is 41.1 Å². The fourth-order valence-electron chi connectivity index (χ4n) is 5.35. The molecule has 0 unspecified atom stereocenters. The van der Waals surface area contributed by atoms with Crippen molar-refractivity contribution >= 4 is 73.4 Å². The number of aromatic amines is 1. The van der Waals surface area contributed by atoms with E-state index >= 15 is 0 Å². The highest BCUT2D eigenvalue weighted by atomic mass is 16.6. The van der Waals surface area contributed by atoms with Gasteiger partial charge in [-0.05, 0) is 36.4 Å². The number of nitrogens with zero attached hydrogens (tertiary/aromatic N) is 10. The summed E-state index contributed by atoms with van der Waals surface area (Å²) in [6, 6.07) is 14.3. The lowest BCUT2D eigenvalue weighted by Crippen LogP contribution is -2.23. The van der Waals surface area contributed by atoms with E-state index in [1.54, 1.807) is 24.3 Å². The summed E-state index contributed by atoms with van der Waals surface area (Å²) in [5.41, 5.74) is 15.2. The zero-order valence-electron chi connectivity index (χ0n) is 26.6. The number of fused-ring (bicyclic) bond motifs is 8. The van der Waals surface area contributed by atoms with Crippen LogP contribution in [0.3, 0.4) is 0 Å². The minimum absolute atomic E-state index is 0.0771. The zero-order valence-corrected chi connectivity index (χ0v) is 26.6. The number of guanidine groups is 2. The number of aromatic nitrogens is 6. The molecule has 0 spiro atoms. The highest BCUT2D eigenvalue weighted by Gasteiger charge is 2.32. The second kappa shape index (κ2) is 13.4. The van der Waals surface area contributed by atoms with Gasteiger partial charge in [-0.15, -0.1) is 15.3 Å². The van der Waals surface area contributed by atoms with E-state index in [1.165, 1.54) is 51.7 Å². The summed E-state index contributed by atoms with van der Waals surface area (Å²) in [7, 11) is 0. The molecule has 5 aromatic heterocycles. The number of carbonyl (C=O) groups excluding carboxylic acids is 1. The summed E-state index contributed by atoms with van der Waals surface area (Å²) in [5.74, 6) is 3.28. The number of hydrogen-bond acceptors (Lipinski definition) is 14. The number of ketones is 1. The van der Waals surface area contributed by atoms with Crippen molar-refractivity contribution in [3.63, 3.8) is 0 Å². The number of nitro groups is 2. The lowest BCUT2D eigenvalue weighted by atomic mass is 10.1. The Morgan fingerprint density at radius 1 is 0.849 bits per heavy atom. The smallest absolute Gasteiger partial charge is 0.270 e. The SMILES string of the molecule is N=C(N)N=Nc1c2cc([N+](=O)[O-])ccc2n2c(=O)c3cccnc3[nH]c12.NN=C(N)N.O=C1c2cc([N+](=O)[O-])ccc2-n2c1nc1ncccc1c2=O. The van der Waals surface area contributed by atoms with Gasteiger partial charge in [0.25, 0.3) is 22.5 Å². The molecular formula is C30H22N16O7. The summed E-state index contributed by atoms with van der Waals surface area (Å²) < 4.78 is 2.52. The molecule has 0 aliphatic carbocycles. The van der Waals surface area contributed by atoms with Crippen molar-refractivity contribution in [1.82, 2.24) is 28.9 Å². The first-order chi connectivity index (χ1) is 25.3. The molecule has 0 saturated carbocycles. The third kappa shape index (κ3) is 6.14.